The van der Waals surface area contributed by atoms with Gasteiger partial charge in [-0.1, -0.05) is 11.6 Å². The molecular weight excluding hydrogens is 262 g/mol. The molecule has 2 N–H and O–H groups in total. The van der Waals surface area contributed by atoms with Crippen LogP contribution in [0.1, 0.15) is 6.42 Å². The zero-order valence-electron chi connectivity index (χ0n) is 10.3. The molecule has 5 heteroatoms. The van der Waals surface area contributed by atoms with Crippen LogP contribution >= 0.6 is 11.6 Å². The second-order valence-electron chi connectivity index (χ2n) is 4.78. The molecule has 3 rings (SSSR count). The molecule has 1 atom stereocenters. The lowest BCUT2D eigenvalue weighted by atomic mass is 10.1. The van der Waals surface area contributed by atoms with E-state index in [0.29, 0.717) is 24.5 Å². The summed E-state index contributed by atoms with van der Waals surface area (Å²) < 4.78 is 0. The van der Waals surface area contributed by atoms with Gasteiger partial charge < -0.3 is 10.6 Å². The fourth-order valence-electron chi connectivity index (χ4n) is 2.51. The molecule has 0 radical (unpaired) electrons. The summed E-state index contributed by atoms with van der Waals surface area (Å²) in [6.07, 6.45) is 2.22. The zero-order valence-corrected chi connectivity index (χ0v) is 11.1. The molecule has 1 aromatic heterocycles. The van der Waals surface area contributed by atoms with Crippen molar-refractivity contribution in [1.82, 2.24) is 4.98 Å². The van der Waals surface area contributed by atoms with E-state index in [1.165, 1.54) is 0 Å². The molecule has 0 aliphatic carbocycles. The van der Waals surface area contributed by atoms with Crippen LogP contribution in [0.4, 0.5) is 5.69 Å². The van der Waals surface area contributed by atoms with Crippen LogP contribution in [0.15, 0.2) is 30.5 Å². The summed E-state index contributed by atoms with van der Waals surface area (Å²) in [6.45, 7) is 1.18. The third-order valence-corrected chi connectivity index (χ3v) is 3.85. The highest BCUT2D eigenvalue weighted by molar-refractivity contribution is 6.36. The predicted octanol–water partition coefficient (Wildman–Crippen LogP) is 2.20. The molecule has 1 aliphatic heterocycles. The third kappa shape index (κ3) is 2.07. The van der Waals surface area contributed by atoms with Crippen molar-refractivity contribution in [2.24, 2.45) is 11.7 Å². The molecule has 0 spiro atoms. The van der Waals surface area contributed by atoms with E-state index in [1.807, 2.05) is 24.3 Å². The summed E-state index contributed by atoms with van der Waals surface area (Å²) >= 11 is 6.16. The number of rotatable bonds is 2. The van der Waals surface area contributed by atoms with E-state index in [0.717, 1.165) is 16.6 Å². The number of pyridine rings is 1. The largest absolute Gasteiger partial charge is 0.330 e. The highest BCUT2D eigenvalue weighted by Crippen LogP contribution is 2.33. The van der Waals surface area contributed by atoms with Crippen LogP contribution in [0.25, 0.3) is 10.9 Å². The van der Waals surface area contributed by atoms with E-state index in [9.17, 15) is 4.79 Å². The molecule has 1 aliphatic rings. The Morgan fingerprint density at radius 3 is 3.00 bits per heavy atom. The van der Waals surface area contributed by atoms with Crippen LogP contribution in [0.2, 0.25) is 5.02 Å². The van der Waals surface area contributed by atoms with Gasteiger partial charge in [0.1, 0.15) is 0 Å². The molecule has 2 heterocycles. The van der Waals surface area contributed by atoms with Gasteiger partial charge in [-0.15, -0.1) is 0 Å². The van der Waals surface area contributed by atoms with Gasteiger partial charge in [0.05, 0.1) is 16.2 Å². The lowest BCUT2D eigenvalue weighted by Crippen LogP contribution is -2.26. The highest BCUT2D eigenvalue weighted by Gasteiger charge is 2.30. The molecule has 19 heavy (non-hydrogen) atoms. The molecule has 2 aromatic rings. The Morgan fingerprint density at radius 1 is 1.42 bits per heavy atom. The maximum atomic E-state index is 12.1. The van der Waals surface area contributed by atoms with Crippen molar-refractivity contribution in [1.29, 1.82) is 0 Å². The van der Waals surface area contributed by atoms with Gasteiger partial charge in [0.25, 0.3) is 0 Å². The third-order valence-electron chi connectivity index (χ3n) is 3.52. The number of nitrogens with zero attached hydrogens (tertiary/aromatic N) is 2. The number of carbonyl (C=O) groups excluding carboxylic acids is 1. The molecule has 0 saturated carbocycles. The maximum absolute atomic E-state index is 12.1. The topological polar surface area (TPSA) is 59.2 Å². The van der Waals surface area contributed by atoms with E-state index < -0.39 is 0 Å². The van der Waals surface area contributed by atoms with E-state index >= 15 is 0 Å². The first-order valence-corrected chi connectivity index (χ1v) is 6.62. The Hall–Kier alpha value is -1.65. The second kappa shape index (κ2) is 4.79. The number of fused-ring (bicyclic) bond motifs is 1. The average molecular weight is 276 g/mol. The number of benzene rings is 1. The minimum absolute atomic E-state index is 0.102. The zero-order chi connectivity index (χ0) is 13.4. The lowest BCUT2D eigenvalue weighted by molar-refractivity contribution is -0.117. The van der Waals surface area contributed by atoms with Crippen LogP contribution in [-0.2, 0) is 4.79 Å². The average Bonchev–Trinajstić information content (AvgIpc) is 2.81. The normalized spacial score (nSPS) is 19.4. The summed E-state index contributed by atoms with van der Waals surface area (Å²) in [5.74, 6) is 0.326. The first-order valence-electron chi connectivity index (χ1n) is 6.24. The van der Waals surface area contributed by atoms with Crippen molar-refractivity contribution in [2.75, 3.05) is 18.0 Å². The Kier molecular flexibility index (Phi) is 3.12. The minimum Gasteiger partial charge on any atom is -0.330 e. The summed E-state index contributed by atoms with van der Waals surface area (Å²) in [6, 6.07) is 7.42. The molecule has 4 nitrogen and oxygen atoms in total. The van der Waals surface area contributed by atoms with Crippen LogP contribution in [0.3, 0.4) is 0 Å². The van der Waals surface area contributed by atoms with Gasteiger partial charge in [-0.2, -0.15) is 0 Å². The molecule has 1 fully saturated rings. The standard InChI is InChI=1S/C14H14ClN3O/c15-11-3-4-12(14-10(11)2-1-5-17-14)18-8-9(7-16)6-13(18)19/h1-5,9H,6-8,16H2. The van der Waals surface area contributed by atoms with E-state index in [1.54, 1.807) is 11.1 Å². The van der Waals surface area contributed by atoms with Gasteiger partial charge in [0, 0.05) is 24.5 Å². The number of hydrogen-bond acceptors (Lipinski definition) is 3. The molecule has 98 valence electrons. The summed E-state index contributed by atoms with van der Waals surface area (Å²) in [5.41, 5.74) is 7.24. The number of halogens is 1. The first kappa shape index (κ1) is 12.4. The Bertz CT molecular complexity index is 644. The second-order valence-corrected chi connectivity index (χ2v) is 5.18. The summed E-state index contributed by atoms with van der Waals surface area (Å²) in [4.78, 5) is 18.2. The monoisotopic (exact) mass is 275 g/mol. The van der Waals surface area contributed by atoms with E-state index in [2.05, 4.69) is 4.98 Å². The Balaban J connectivity index is 2.11. The van der Waals surface area contributed by atoms with Crippen molar-refractivity contribution < 1.29 is 4.79 Å². The van der Waals surface area contributed by atoms with Crippen molar-refractivity contribution in [3.63, 3.8) is 0 Å². The Morgan fingerprint density at radius 2 is 2.26 bits per heavy atom. The number of anilines is 1. The number of nitrogens with two attached hydrogens (primary N) is 1. The van der Waals surface area contributed by atoms with Crippen molar-refractivity contribution in [3.05, 3.63) is 35.5 Å². The molecule has 0 bridgehead atoms. The lowest BCUT2D eigenvalue weighted by Gasteiger charge is -2.18. The number of carbonyl (C=O) groups is 1. The summed E-state index contributed by atoms with van der Waals surface area (Å²) in [7, 11) is 0. The summed E-state index contributed by atoms with van der Waals surface area (Å²) in [5, 5.41) is 1.51. The molecule has 1 amide bonds. The molecule has 1 unspecified atom stereocenters. The van der Waals surface area contributed by atoms with Gasteiger partial charge in [0.15, 0.2) is 0 Å². The van der Waals surface area contributed by atoms with Crippen LogP contribution in [-0.4, -0.2) is 24.0 Å². The Labute approximate surface area is 116 Å². The molecular formula is C14H14ClN3O. The van der Waals surface area contributed by atoms with Crippen molar-refractivity contribution in [2.45, 2.75) is 6.42 Å². The SMILES string of the molecule is NCC1CC(=O)N(c2ccc(Cl)c3cccnc23)C1. The number of hydrogen-bond donors (Lipinski definition) is 1. The van der Waals surface area contributed by atoms with Crippen molar-refractivity contribution in [3.8, 4) is 0 Å². The van der Waals surface area contributed by atoms with Gasteiger partial charge >= 0.3 is 0 Å². The van der Waals surface area contributed by atoms with Gasteiger partial charge in [-0.3, -0.25) is 9.78 Å². The predicted molar refractivity (Wildman–Crippen MR) is 76.3 cm³/mol. The molecule has 1 saturated heterocycles. The van der Waals surface area contributed by atoms with Crippen molar-refractivity contribution >= 4 is 34.1 Å². The van der Waals surface area contributed by atoms with E-state index in [4.69, 9.17) is 17.3 Å². The first-order chi connectivity index (χ1) is 9.20. The van der Waals surface area contributed by atoms with E-state index in [-0.39, 0.29) is 11.8 Å². The van der Waals surface area contributed by atoms with Gasteiger partial charge in [0.2, 0.25) is 5.91 Å². The fourth-order valence-corrected chi connectivity index (χ4v) is 2.73. The number of amides is 1. The number of aromatic nitrogens is 1. The quantitative estimate of drug-likeness (QED) is 0.914. The fraction of sp³-hybridized carbons (Fsp3) is 0.286. The molecule has 1 aromatic carbocycles. The van der Waals surface area contributed by atoms with Crippen LogP contribution in [0.5, 0.6) is 0 Å². The van der Waals surface area contributed by atoms with Gasteiger partial charge in [-0.05, 0) is 36.7 Å². The van der Waals surface area contributed by atoms with Crippen LogP contribution in [0, 0.1) is 5.92 Å². The highest BCUT2D eigenvalue weighted by atomic mass is 35.5. The van der Waals surface area contributed by atoms with Gasteiger partial charge in [-0.25, -0.2) is 0 Å². The maximum Gasteiger partial charge on any atom is 0.227 e. The minimum atomic E-state index is 0.102. The van der Waals surface area contributed by atoms with Crippen LogP contribution < -0.4 is 10.6 Å². The smallest absolute Gasteiger partial charge is 0.227 e.